The summed E-state index contributed by atoms with van der Waals surface area (Å²) in [6.07, 6.45) is 1.59. The van der Waals surface area contributed by atoms with Gasteiger partial charge in [-0.05, 0) is 12.1 Å². The molecule has 1 N–H and O–H groups in total. The first kappa shape index (κ1) is 15.7. The number of carbonyl (C=O) groups excluding carboxylic acids is 3. The van der Waals surface area contributed by atoms with Gasteiger partial charge in [-0.25, -0.2) is 0 Å². The molecule has 2 aliphatic rings. The van der Waals surface area contributed by atoms with Gasteiger partial charge < -0.3 is 9.64 Å². The van der Waals surface area contributed by atoms with E-state index in [0.717, 1.165) is 32.5 Å². The molecule has 2 amide bonds. The topological polar surface area (TPSA) is 68.1 Å². The number of ether oxygens (including phenoxy) is 1. The molecule has 0 aliphatic carbocycles. The van der Waals surface area contributed by atoms with Crippen LogP contribution in [0.1, 0.15) is 33.6 Å². The molecule has 0 radical (unpaired) electrons. The van der Waals surface area contributed by atoms with E-state index in [9.17, 15) is 14.4 Å². The average molecular weight is 317 g/mol. The predicted molar refractivity (Wildman–Crippen MR) is 82.1 cm³/mol. The van der Waals surface area contributed by atoms with Gasteiger partial charge in [0, 0.05) is 12.8 Å². The molecular weight excluding hydrogens is 296 g/mol. The van der Waals surface area contributed by atoms with Crippen molar-refractivity contribution in [3.05, 3.63) is 35.4 Å². The summed E-state index contributed by atoms with van der Waals surface area (Å²) in [5.74, 6) is -0.545. The summed E-state index contributed by atoms with van der Waals surface area (Å²) in [4.78, 5) is 38.8. The molecule has 1 aromatic carbocycles. The Labute approximate surface area is 135 Å². The van der Waals surface area contributed by atoms with Gasteiger partial charge >= 0.3 is 5.97 Å². The molecule has 0 unspecified atom stereocenters. The summed E-state index contributed by atoms with van der Waals surface area (Å²) in [5, 5.41) is 0. The lowest BCUT2D eigenvalue weighted by molar-refractivity contribution is -0.905. The number of fused-ring (bicyclic) bond motifs is 1. The van der Waals surface area contributed by atoms with Crippen LogP contribution in [0.5, 0.6) is 0 Å². The third-order valence-electron chi connectivity index (χ3n) is 4.79. The van der Waals surface area contributed by atoms with E-state index in [2.05, 4.69) is 0 Å². The van der Waals surface area contributed by atoms with Crippen LogP contribution in [0.3, 0.4) is 0 Å². The zero-order valence-corrected chi connectivity index (χ0v) is 13.2. The quantitative estimate of drug-likeness (QED) is 0.614. The van der Waals surface area contributed by atoms with Crippen LogP contribution >= 0.6 is 0 Å². The van der Waals surface area contributed by atoms with Crippen LogP contribution in [-0.4, -0.2) is 56.0 Å². The highest BCUT2D eigenvalue weighted by Gasteiger charge is 2.36. The van der Waals surface area contributed by atoms with Crippen molar-refractivity contribution in [3.63, 3.8) is 0 Å². The van der Waals surface area contributed by atoms with Crippen molar-refractivity contribution < 1.29 is 24.0 Å². The fourth-order valence-corrected chi connectivity index (χ4v) is 3.39. The molecule has 23 heavy (non-hydrogen) atoms. The highest BCUT2D eigenvalue weighted by atomic mass is 16.5. The number of quaternary nitrogens is 1. The molecule has 2 heterocycles. The van der Waals surface area contributed by atoms with E-state index in [4.69, 9.17) is 4.74 Å². The number of rotatable bonds is 4. The number of nitrogens with zero attached hydrogens (tertiary/aromatic N) is 1. The third kappa shape index (κ3) is 2.99. The number of amides is 2. The Morgan fingerprint density at radius 3 is 2.26 bits per heavy atom. The molecule has 0 bridgehead atoms. The number of likely N-dealkylation sites (tertiary alicyclic amines) is 1. The van der Waals surface area contributed by atoms with Crippen molar-refractivity contribution in [2.24, 2.45) is 5.92 Å². The lowest BCUT2D eigenvalue weighted by Crippen LogP contribution is -3.13. The maximum atomic E-state index is 12.3. The fourth-order valence-electron chi connectivity index (χ4n) is 3.39. The van der Waals surface area contributed by atoms with Crippen molar-refractivity contribution in [1.29, 1.82) is 0 Å². The van der Waals surface area contributed by atoms with Gasteiger partial charge in [0.15, 0.2) is 0 Å². The van der Waals surface area contributed by atoms with Gasteiger partial charge in [0.1, 0.15) is 0 Å². The summed E-state index contributed by atoms with van der Waals surface area (Å²) >= 11 is 0. The Balaban J connectivity index is 1.54. The van der Waals surface area contributed by atoms with Crippen LogP contribution in [0.4, 0.5) is 0 Å². The lowest BCUT2D eigenvalue weighted by atomic mass is 9.97. The van der Waals surface area contributed by atoms with Gasteiger partial charge in [-0.15, -0.1) is 0 Å². The summed E-state index contributed by atoms with van der Waals surface area (Å²) in [7, 11) is 1.42. The molecule has 1 aromatic rings. The molecule has 6 nitrogen and oxygen atoms in total. The molecular formula is C17H21N2O4+. The van der Waals surface area contributed by atoms with Crippen molar-refractivity contribution in [3.8, 4) is 0 Å². The van der Waals surface area contributed by atoms with Gasteiger partial charge in [-0.2, -0.15) is 0 Å². The lowest BCUT2D eigenvalue weighted by Gasteiger charge is -2.28. The molecule has 0 aromatic heterocycles. The normalized spacial score (nSPS) is 23.8. The first-order valence-corrected chi connectivity index (χ1v) is 7.98. The van der Waals surface area contributed by atoms with E-state index in [1.807, 2.05) is 0 Å². The van der Waals surface area contributed by atoms with E-state index >= 15 is 0 Å². The van der Waals surface area contributed by atoms with Crippen LogP contribution in [-0.2, 0) is 9.53 Å². The van der Waals surface area contributed by atoms with Crippen LogP contribution < -0.4 is 4.90 Å². The van der Waals surface area contributed by atoms with Crippen LogP contribution in [0, 0.1) is 5.92 Å². The standard InChI is InChI=1S/C17H20N2O4/c1-23-17(22)12-6-8-18(9-7-12)10-11-19-15(20)13-4-2-3-5-14(13)16(19)21/h2-5,12H,6-11H2,1H3/p+1. The Kier molecular flexibility index (Phi) is 4.43. The van der Waals surface area contributed by atoms with Crippen LogP contribution in [0.2, 0.25) is 0 Å². The minimum Gasteiger partial charge on any atom is -0.469 e. The number of esters is 1. The van der Waals surface area contributed by atoms with Gasteiger partial charge in [-0.1, -0.05) is 12.1 Å². The Morgan fingerprint density at radius 2 is 1.74 bits per heavy atom. The van der Waals surface area contributed by atoms with Crippen molar-refractivity contribution in [1.82, 2.24) is 4.90 Å². The van der Waals surface area contributed by atoms with E-state index in [0.29, 0.717) is 17.7 Å². The van der Waals surface area contributed by atoms with Crippen LogP contribution in [0.25, 0.3) is 0 Å². The first-order chi connectivity index (χ1) is 11.1. The van der Waals surface area contributed by atoms with Gasteiger partial charge in [0.05, 0.1) is 50.3 Å². The molecule has 3 rings (SSSR count). The Hall–Kier alpha value is -2.21. The highest BCUT2D eigenvalue weighted by Crippen LogP contribution is 2.21. The molecule has 0 spiro atoms. The van der Waals surface area contributed by atoms with Crippen molar-refractivity contribution in [2.75, 3.05) is 33.3 Å². The molecule has 0 saturated carbocycles. The minimum atomic E-state index is -0.200. The molecule has 122 valence electrons. The average Bonchev–Trinajstić information content (AvgIpc) is 2.84. The molecule has 6 heteroatoms. The Bertz CT molecular complexity index is 600. The minimum absolute atomic E-state index is 0.0111. The first-order valence-electron chi connectivity index (χ1n) is 7.98. The fraction of sp³-hybridized carbons (Fsp3) is 0.471. The number of imide groups is 1. The smallest absolute Gasteiger partial charge is 0.309 e. The zero-order chi connectivity index (χ0) is 16.4. The summed E-state index contributed by atoms with van der Waals surface area (Å²) < 4.78 is 4.78. The molecule has 2 aliphatic heterocycles. The number of benzene rings is 1. The number of nitrogens with one attached hydrogen (secondary N) is 1. The monoisotopic (exact) mass is 317 g/mol. The molecule has 1 saturated heterocycles. The molecule has 1 fully saturated rings. The van der Waals surface area contributed by atoms with E-state index in [-0.39, 0.29) is 23.7 Å². The highest BCUT2D eigenvalue weighted by molar-refractivity contribution is 6.21. The number of hydrogen-bond acceptors (Lipinski definition) is 4. The summed E-state index contributed by atoms with van der Waals surface area (Å²) in [6.45, 7) is 2.87. The predicted octanol–water partition coefficient (Wildman–Crippen LogP) is -0.249. The van der Waals surface area contributed by atoms with E-state index in [1.165, 1.54) is 16.9 Å². The number of carbonyl (C=O) groups is 3. The second-order valence-corrected chi connectivity index (χ2v) is 6.10. The number of hydrogen-bond donors (Lipinski definition) is 1. The largest absolute Gasteiger partial charge is 0.469 e. The summed E-state index contributed by atoms with van der Waals surface area (Å²) in [6, 6.07) is 6.95. The maximum Gasteiger partial charge on any atom is 0.309 e. The van der Waals surface area contributed by atoms with Crippen LogP contribution in [0.15, 0.2) is 24.3 Å². The number of piperidine rings is 1. The summed E-state index contributed by atoms with van der Waals surface area (Å²) in [5.41, 5.74) is 0.994. The SMILES string of the molecule is COC(=O)C1CC[NH+](CCN2C(=O)c3ccccc3C2=O)CC1. The van der Waals surface area contributed by atoms with Gasteiger partial charge in [0.25, 0.3) is 11.8 Å². The van der Waals surface area contributed by atoms with E-state index in [1.54, 1.807) is 24.3 Å². The second-order valence-electron chi connectivity index (χ2n) is 6.10. The van der Waals surface area contributed by atoms with Gasteiger partial charge in [0.2, 0.25) is 0 Å². The van der Waals surface area contributed by atoms with Crippen molar-refractivity contribution >= 4 is 17.8 Å². The van der Waals surface area contributed by atoms with Gasteiger partial charge in [-0.3, -0.25) is 19.3 Å². The Morgan fingerprint density at radius 1 is 1.17 bits per heavy atom. The third-order valence-corrected chi connectivity index (χ3v) is 4.79. The zero-order valence-electron chi connectivity index (χ0n) is 13.2. The number of methoxy groups -OCH3 is 1. The maximum absolute atomic E-state index is 12.3. The molecule has 0 atom stereocenters. The van der Waals surface area contributed by atoms with E-state index < -0.39 is 0 Å². The van der Waals surface area contributed by atoms with Crippen molar-refractivity contribution in [2.45, 2.75) is 12.8 Å². The second kappa shape index (κ2) is 6.50.